The quantitative estimate of drug-likeness (QED) is 0.483. The average Bonchev–Trinajstić information content (AvgIpc) is 2.27. The number of hydrogen-bond acceptors (Lipinski definition) is 4. The Labute approximate surface area is 111 Å². The second-order valence-corrected chi connectivity index (χ2v) is 5.45. The first-order valence-corrected chi connectivity index (χ1v) is 6.93. The highest BCUT2D eigenvalue weighted by Crippen LogP contribution is 2.10. The fourth-order valence-corrected chi connectivity index (χ4v) is 1.53. The minimum atomic E-state index is -0.132. The smallest absolute Gasteiger partial charge is 0.308 e. The van der Waals surface area contributed by atoms with E-state index in [2.05, 4.69) is 13.8 Å². The molecule has 108 valence electrons. The number of nitrogens with two attached hydrogens (primary N) is 1. The number of rotatable bonds is 10. The van der Waals surface area contributed by atoms with Gasteiger partial charge in [0.1, 0.15) is 6.61 Å². The maximum atomic E-state index is 11.6. The van der Waals surface area contributed by atoms with Crippen molar-refractivity contribution in [3.05, 3.63) is 0 Å². The molecule has 0 saturated carbocycles. The van der Waals surface area contributed by atoms with Crippen LogP contribution in [0.25, 0.3) is 0 Å². The highest BCUT2D eigenvalue weighted by atomic mass is 16.6. The molecule has 0 aromatic carbocycles. The predicted octanol–water partition coefficient (Wildman–Crippen LogP) is 2.36. The summed E-state index contributed by atoms with van der Waals surface area (Å²) in [5.41, 5.74) is 5.66. The van der Waals surface area contributed by atoms with Crippen LogP contribution in [-0.4, -0.2) is 31.8 Å². The van der Waals surface area contributed by atoms with Crippen molar-refractivity contribution in [3.63, 3.8) is 0 Å². The molecular weight excluding hydrogens is 230 g/mol. The molecule has 0 saturated heterocycles. The Hall–Kier alpha value is -0.610. The highest BCUT2D eigenvalue weighted by Gasteiger charge is 2.14. The number of hydrogen-bond donors (Lipinski definition) is 1. The first kappa shape index (κ1) is 17.4. The van der Waals surface area contributed by atoms with Crippen LogP contribution in [0.5, 0.6) is 0 Å². The molecule has 0 radical (unpaired) electrons. The molecule has 4 heteroatoms. The van der Waals surface area contributed by atoms with Gasteiger partial charge in [-0.2, -0.15) is 0 Å². The van der Waals surface area contributed by atoms with Crippen molar-refractivity contribution in [2.45, 2.75) is 53.0 Å². The van der Waals surface area contributed by atoms with Crippen molar-refractivity contribution in [2.75, 3.05) is 19.8 Å². The van der Waals surface area contributed by atoms with Crippen LogP contribution in [0.1, 0.15) is 47.0 Å². The van der Waals surface area contributed by atoms with Crippen molar-refractivity contribution in [2.24, 2.45) is 17.6 Å². The van der Waals surface area contributed by atoms with Crippen LogP contribution in [0.3, 0.4) is 0 Å². The Morgan fingerprint density at radius 1 is 1.11 bits per heavy atom. The Kier molecular flexibility index (Phi) is 9.98. The summed E-state index contributed by atoms with van der Waals surface area (Å²) < 4.78 is 10.5. The van der Waals surface area contributed by atoms with Crippen molar-refractivity contribution < 1.29 is 14.3 Å². The third kappa shape index (κ3) is 10.5. The summed E-state index contributed by atoms with van der Waals surface area (Å²) in [6, 6.07) is 0.206. The zero-order valence-electron chi connectivity index (χ0n) is 12.3. The molecule has 0 rings (SSSR count). The van der Waals surface area contributed by atoms with Gasteiger partial charge in [-0.05, 0) is 25.7 Å². The fraction of sp³-hybridized carbons (Fsp3) is 0.929. The van der Waals surface area contributed by atoms with E-state index in [9.17, 15) is 4.79 Å². The van der Waals surface area contributed by atoms with Crippen LogP contribution in [0.4, 0.5) is 0 Å². The summed E-state index contributed by atoms with van der Waals surface area (Å²) in [6.07, 6.45) is 2.76. The lowest BCUT2D eigenvalue weighted by Gasteiger charge is -2.12. The van der Waals surface area contributed by atoms with Crippen LogP contribution in [0.15, 0.2) is 0 Å². The lowest BCUT2D eigenvalue weighted by molar-refractivity contribution is -0.149. The Morgan fingerprint density at radius 2 is 1.78 bits per heavy atom. The van der Waals surface area contributed by atoms with Gasteiger partial charge in [-0.15, -0.1) is 0 Å². The van der Waals surface area contributed by atoms with Gasteiger partial charge in [0.25, 0.3) is 0 Å². The van der Waals surface area contributed by atoms with Crippen molar-refractivity contribution >= 4 is 5.97 Å². The second kappa shape index (κ2) is 10.3. The molecule has 4 nitrogen and oxygen atoms in total. The largest absolute Gasteiger partial charge is 0.463 e. The molecule has 0 aromatic rings. The van der Waals surface area contributed by atoms with E-state index in [0.29, 0.717) is 25.7 Å². The van der Waals surface area contributed by atoms with Gasteiger partial charge in [-0.25, -0.2) is 0 Å². The Morgan fingerprint density at radius 3 is 2.33 bits per heavy atom. The summed E-state index contributed by atoms with van der Waals surface area (Å²) >= 11 is 0. The number of ether oxygens (including phenoxy) is 2. The van der Waals surface area contributed by atoms with Gasteiger partial charge < -0.3 is 15.2 Å². The molecule has 0 aliphatic heterocycles. The van der Waals surface area contributed by atoms with Gasteiger partial charge in [0.05, 0.1) is 12.5 Å². The molecule has 2 unspecified atom stereocenters. The van der Waals surface area contributed by atoms with Crippen LogP contribution in [0.2, 0.25) is 0 Å². The molecule has 2 N–H and O–H groups in total. The van der Waals surface area contributed by atoms with Gasteiger partial charge in [0.15, 0.2) is 0 Å². The molecule has 0 amide bonds. The first-order chi connectivity index (χ1) is 8.43. The summed E-state index contributed by atoms with van der Waals surface area (Å²) in [6.45, 7) is 9.60. The van der Waals surface area contributed by atoms with E-state index in [1.807, 2.05) is 13.8 Å². The molecular formula is C14H29NO3. The van der Waals surface area contributed by atoms with Crippen LogP contribution >= 0.6 is 0 Å². The van der Waals surface area contributed by atoms with Gasteiger partial charge >= 0.3 is 5.97 Å². The SMILES string of the molecule is CC(C)COCCOC(=O)C(C)CCCC(C)N. The van der Waals surface area contributed by atoms with Gasteiger partial charge in [0, 0.05) is 12.6 Å². The molecule has 0 spiro atoms. The Bertz CT molecular complexity index is 217. The molecule has 0 aliphatic rings. The number of carbonyl (C=O) groups is 1. The lowest BCUT2D eigenvalue weighted by Crippen LogP contribution is -2.19. The standard InChI is InChI=1S/C14H29NO3/c1-11(2)10-17-8-9-18-14(16)12(3)6-5-7-13(4)15/h11-13H,5-10,15H2,1-4H3. The molecule has 0 aromatic heterocycles. The monoisotopic (exact) mass is 259 g/mol. The maximum Gasteiger partial charge on any atom is 0.308 e. The zero-order chi connectivity index (χ0) is 14.0. The van der Waals surface area contributed by atoms with E-state index < -0.39 is 0 Å². The van der Waals surface area contributed by atoms with Gasteiger partial charge in [-0.1, -0.05) is 27.2 Å². The summed E-state index contributed by atoms with van der Waals surface area (Å²) in [4.78, 5) is 11.6. The minimum Gasteiger partial charge on any atom is -0.463 e. The van der Waals surface area contributed by atoms with Crippen LogP contribution in [0, 0.1) is 11.8 Å². The molecule has 2 atom stereocenters. The predicted molar refractivity (Wildman–Crippen MR) is 73.3 cm³/mol. The van der Waals surface area contributed by atoms with Crippen molar-refractivity contribution in [3.8, 4) is 0 Å². The molecule has 0 bridgehead atoms. The van der Waals surface area contributed by atoms with Crippen LogP contribution < -0.4 is 5.73 Å². The third-order valence-electron chi connectivity index (χ3n) is 2.62. The zero-order valence-corrected chi connectivity index (χ0v) is 12.3. The molecule has 0 heterocycles. The number of esters is 1. The van der Waals surface area contributed by atoms with E-state index in [1.165, 1.54) is 0 Å². The lowest BCUT2D eigenvalue weighted by atomic mass is 10.0. The van der Waals surface area contributed by atoms with E-state index in [1.54, 1.807) is 0 Å². The topological polar surface area (TPSA) is 61.5 Å². The average molecular weight is 259 g/mol. The first-order valence-electron chi connectivity index (χ1n) is 6.93. The van der Waals surface area contributed by atoms with E-state index in [0.717, 1.165) is 19.3 Å². The third-order valence-corrected chi connectivity index (χ3v) is 2.62. The summed E-state index contributed by atoms with van der Waals surface area (Å²) in [7, 11) is 0. The van der Waals surface area contributed by atoms with E-state index >= 15 is 0 Å². The summed E-state index contributed by atoms with van der Waals surface area (Å²) in [5, 5.41) is 0. The fourth-order valence-electron chi connectivity index (χ4n) is 1.53. The molecule has 0 aliphatic carbocycles. The molecule has 18 heavy (non-hydrogen) atoms. The Balaban J connectivity index is 3.50. The van der Waals surface area contributed by atoms with Gasteiger partial charge in [0.2, 0.25) is 0 Å². The van der Waals surface area contributed by atoms with E-state index in [-0.39, 0.29) is 17.9 Å². The van der Waals surface area contributed by atoms with E-state index in [4.69, 9.17) is 15.2 Å². The number of carbonyl (C=O) groups excluding carboxylic acids is 1. The normalized spacial score (nSPS) is 14.6. The second-order valence-electron chi connectivity index (χ2n) is 5.45. The highest BCUT2D eigenvalue weighted by molar-refractivity contribution is 5.71. The minimum absolute atomic E-state index is 0.0474. The van der Waals surface area contributed by atoms with Crippen molar-refractivity contribution in [1.82, 2.24) is 0 Å². The van der Waals surface area contributed by atoms with Gasteiger partial charge in [-0.3, -0.25) is 4.79 Å². The van der Waals surface area contributed by atoms with Crippen molar-refractivity contribution in [1.29, 1.82) is 0 Å². The molecule has 0 fully saturated rings. The van der Waals surface area contributed by atoms with Crippen LogP contribution in [-0.2, 0) is 14.3 Å². The maximum absolute atomic E-state index is 11.6. The summed E-state index contributed by atoms with van der Waals surface area (Å²) in [5.74, 6) is 0.333.